The molecule has 0 atom stereocenters. The molecule has 0 aromatic heterocycles. The van der Waals surface area contributed by atoms with Gasteiger partial charge in [-0.15, -0.1) is 0 Å². The van der Waals surface area contributed by atoms with E-state index >= 15 is 0 Å². The summed E-state index contributed by atoms with van der Waals surface area (Å²) in [5.74, 6) is 0.561. The van der Waals surface area contributed by atoms with E-state index in [1.807, 2.05) is 27.7 Å². The van der Waals surface area contributed by atoms with Crippen molar-refractivity contribution >= 4 is 33.0 Å². The third-order valence-corrected chi connectivity index (χ3v) is 5.47. The van der Waals surface area contributed by atoms with Crippen molar-refractivity contribution in [1.82, 2.24) is 9.62 Å². The van der Waals surface area contributed by atoms with Crippen LogP contribution in [0.2, 0.25) is 0 Å². The summed E-state index contributed by atoms with van der Waals surface area (Å²) in [5.41, 5.74) is 0.533. The van der Waals surface area contributed by atoms with Gasteiger partial charge in [0, 0.05) is 19.6 Å². The fourth-order valence-corrected chi connectivity index (χ4v) is 3.83. The first kappa shape index (κ1) is 19.7. The maximum Gasteiger partial charge on any atom is 0.243 e. The van der Waals surface area contributed by atoms with Crippen molar-refractivity contribution < 1.29 is 13.2 Å². The molecule has 2 N–H and O–H groups in total. The Balaban J connectivity index is 3.24. The van der Waals surface area contributed by atoms with E-state index in [-0.39, 0.29) is 4.90 Å². The molecule has 6 nitrogen and oxygen atoms in total. The molecule has 0 aliphatic heterocycles. The third-order valence-electron chi connectivity index (χ3n) is 3.18. The molecule has 130 valence electrons. The summed E-state index contributed by atoms with van der Waals surface area (Å²) < 4.78 is 32.2. The number of thiocarbonyl (C=S) groups is 1. The predicted molar refractivity (Wildman–Crippen MR) is 97.6 cm³/mol. The molecule has 0 heterocycles. The summed E-state index contributed by atoms with van der Waals surface area (Å²) in [7, 11) is -3.53. The Morgan fingerprint density at radius 2 is 1.87 bits per heavy atom. The fraction of sp³-hybridized carbons (Fsp3) is 0.533. The highest BCUT2D eigenvalue weighted by atomic mass is 32.2. The Kier molecular flexibility index (Phi) is 7.74. The second-order valence-electron chi connectivity index (χ2n) is 4.66. The zero-order chi connectivity index (χ0) is 17.5. The molecule has 1 rings (SSSR count). The van der Waals surface area contributed by atoms with Crippen LogP contribution in [0.15, 0.2) is 23.1 Å². The summed E-state index contributed by atoms with van der Waals surface area (Å²) in [4.78, 5) is 0.214. The zero-order valence-corrected chi connectivity index (χ0v) is 15.7. The van der Waals surface area contributed by atoms with Gasteiger partial charge in [-0.25, -0.2) is 8.42 Å². The average Bonchev–Trinajstić information content (AvgIpc) is 2.50. The summed E-state index contributed by atoms with van der Waals surface area (Å²) >= 11 is 5.18. The summed E-state index contributed by atoms with van der Waals surface area (Å²) in [5, 5.41) is 6.39. The zero-order valence-electron chi connectivity index (χ0n) is 14.0. The van der Waals surface area contributed by atoms with Crippen LogP contribution in [-0.2, 0) is 10.0 Å². The number of hydrogen-bond acceptors (Lipinski definition) is 4. The smallest absolute Gasteiger partial charge is 0.243 e. The molecule has 0 saturated heterocycles. The third kappa shape index (κ3) is 5.05. The topological polar surface area (TPSA) is 70.7 Å². The van der Waals surface area contributed by atoms with Crippen LogP contribution in [0.5, 0.6) is 5.75 Å². The Hall–Kier alpha value is -1.38. The Morgan fingerprint density at radius 3 is 2.39 bits per heavy atom. The van der Waals surface area contributed by atoms with Gasteiger partial charge in [0.25, 0.3) is 0 Å². The molecular formula is C15H25N3O3S2. The van der Waals surface area contributed by atoms with Gasteiger partial charge in [-0.05, 0) is 44.3 Å². The minimum Gasteiger partial charge on any atom is -0.492 e. The maximum atomic E-state index is 12.6. The highest BCUT2D eigenvalue weighted by Crippen LogP contribution is 2.29. The Morgan fingerprint density at radius 1 is 1.22 bits per heavy atom. The molecule has 0 aliphatic rings. The quantitative estimate of drug-likeness (QED) is 0.695. The van der Waals surface area contributed by atoms with Gasteiger partial charge in [0.05, 0.1) is 17.2 Å². The van der Waals surface area contributed by atoms with E-state index in [1.54, 1.807) is 18.2 Å². The second kappa shape index (κ2) is 9.05. The first-order valence-electron chi connectivity index (χ1n) is 7.72. The number of rotatable bonds is 8. The number of ether oxygens (including phenoxy) is 1. The molecule has 0 radical (unpaired) electrons. The summed E-state index contributed by atoms with van der Waals surface area (Å²) in [6.45, 7) is 9.42. The van der Waals surface area contributed by atoms with E-state index in [0.29, 0.717) is 42.8 Å². The van der Waals surface area contributed by atoms with Crippen LogP contribution in [0.4, 0.5) is 5.69 Å². The van der Waals surface area contributed by atoms with Gasteiger partial charge >= 0.3 is 0 Å². The average molecular weight is 360 g/mol. The normalized spacial score (nSPS) is 11.3. The van der Waals surface area contributed by atoms with Gasteiger partial charge in [-0.3, -0.25) is 0 Å². The molecule has 1 aromatic rings. The first-order chi connectivity index (χ1) is 10.9. The summed E-state index contributed by atoms with van der Waals surface area (Å²) in [6.07, 6.45) is 0. The van der Waals surface area contributed by atoms with E-state index in [9.17, 15) is 8.42 Å². The molecule has 0 unspecified atom stereocenters. The van der Waals surface area contributed by atoms with Crippen LogP contribution in [0.1, 0.15) is 27.7 Å². The van der Waals surface area contributed by atoms with E-state index < -0.39 is 10.0 Å². The number of hydrogen-bond donors (Lipinski definition) is 2. The number of anilines is 1. The van der Waals surface area contributed by atoms with Crippen LogP contribution in [-0.4, -0.2) is 44.1 Å². The molecule has 0 fully saturated rings. The van der Waals surface area contributed by atoms with Crippen molar-refractivity contribution in [3.8, 4) is 5.75 Å². The second-order valence-corrected chi connectivity index (χ2v) is 7.01. The SMILES string of the molecule is CCNC(=S)Nc1cc(S(=O)(=O)N(CC)CC)ccc1OCC. The highest BCUT2D eigenvalue weighted by Gasteiger charge is 2.23. The molecule has 0 spiro atoms. The van der Waals surface area contributed by atoms with Gasteiger partial charge in [-0.2, -0.15) is 4.31 Å². The number of nitrogens with zero attached hydrogens (tertiary/aromatic N) is 1. The van der Waals surface area contributed by atoms with Gasteiger partial charge in [-0.1, -0.05) is 13.8 Å². The lowest BCUT2D eigenvalue weighted by atomic mass is 10.3. The van der Waals surface area contributed by atoms with E-state index in [2.05, 4.69) is 10.6 Å². The van der Waals surface area contributed by atoms with Gasteiger partial charge in [0.1, 0.15) is 5.75 Å². The Bertz CT molecular complexity index is 629. The first-order valence-corrected chi connectivity index (χ1v) is 9.57. The molecule has 0 amide bonds. The molecule has 23 heavy (non-hydrogen) atoms. The minimum absolute atomic E-state index is 0.214. The van der Waals surface area contributed by atoms with Crippen LogP contribution < -0.4 is 15.4 Å². The lowest BCUT2D eigenvalue weighted by molar-refractivity contribution is 0.341. The van der Waals surface area contributed by atoms with Crippen molar-refractivity contribution in [1.29, 1.82) is 0 Å². The largest absolute Gasteiger partial charge is 0.492 e. The van der Waals surface area contributed by atoms with Crippen molar-refractivity contribution in [2.24, 2.45) is 0 Å². The van der Waals surface area contributed by atoms with Crippen molar-refractivity contribution in [2.75, 3.05) is 31.6 Å². The minimum atomic E-state index is -3.53. The van der Waals surface area contributed by atoms with Crippen molar-refractivity contribution in [3.63, 3.8) is 0 Å². The molecule has 0 aliphatic carbocycles. The van der Waals surface area contributed by atoms with Crippen molar-refractivity contribution in [2.45, 2.75) is 32.6 Å². The highest BCUT2D eigenvalue weighted by molar-refractivity contribution is 7.89. The van der Waals surface area contributed by atoms with Gasteiger partial charge < -0.3 is 15.4 Å². The number of nitrogens with one attached hydrogen (secondary N) is 2. The fourth-order valence-electron chi connectivity index (χ4n) is 2.09. The maximum absolute atomic E-state index is 12.6. The lowest BCUT2D eigenvalue weighted by Gasteiger charge is -2.20. The number of sulfonamides is 1. The van der Waals surface area contributed by atoms with E-state index in [0.717, 1.165) is 0 Å². The Labute approximate surface area is 144 Å². The summed E-state index contributed by atoms with van der Waals surface area (Å²) in [6, 6.07) is 4.76. The van der Waals surface area contributed by atoms with Crippen LogP contribution in [0.3, 0.4) is 0 Å². The predicted octanol–water partition coefficient (Wildman–Crippen LogP) is 2.42. The lowest BCUT2D eigenvalue weighted by Crippen LogP contribution is -2.31. The van der Waals surface area contributed by atoms with Gasteiger partial charge in [0.2, 0.25) is 10.0 Å². The van der Waals surface area contributed by atoms with Gasteiger partial charge in [0.15, 0.2) is 5.11 Å². The molecule has 8 heteroatoms. The van der Waals surface area contributed by atoms with Crippen molar-refractivity contribution in [3.05, 3.63) is 18.2 Å². The molecular weight excluding hydrogens is 334 g/mol. The van der Waals surface area contributed by atoms with Crippen LogP contribution >= 0.6 is 12.2 Å². The number of benzene rings is 1. The molecule has 0 saturated carbocycles. The molecule has 0 bridgehead atoms. The monoisotopic (exact) mass is 359 g/mol. The van der Waals surface area contributed by atoms with Crippen LogP contribution in [0.25, 0.3) is 0 Å². The molecule has 1 aromatic carbocycles. The van der Waals surface area contributed by atoms with E-state index in [1.165, 1.54) is 4.31 Å². The van der Waals surface area contributed by atoms with E-state index in [4.69, 9.17) is 17.0 Å². The van der Waals surface area contributed by atoms with Crippen LogP contribution in [0, 0.1) is 0 Å². The standard InChI is InChI=1S/C15H25N3O3S2/c1-5-16-15(22)17-13-11-12(9-10-14(13)21-8-4)23(19,20)18(6-2)7-3/h9-11H,5-8H2,1-4H3,(H2,16,17,22).